The fourth-order valence-electron chi connectivity index (χ4n) is 1.75. The monoisotopic (exact) mass is 246 g/mol. The maximum Gasteiger partial charge on any atom is 0.196 e. The zero-order valence-corrected chi connectivity index (χ0v) is 10.9. The van der Waals surface area contributed by atoms with Crippen LogP contribution in [0.25, 0.3) is 0 Å². The van der Waals surface area contributed by atoms with E-state index in [-0.39, 0.29) is 5.78 Å². The van der Waals surface area contributed by atoms with E-state index in [1.54, 1.807) is 17.8 Å². The van der Waals surface area contributed by atoms with E-state index in [0.717, 1.165) is 10.7 Å². The van der Waals surface area contributed by atoms with Gasteiger partial charge in [0.2, 0.25) is 0 Å². The molecule has 0 unspecified atom stereocenters. The summed E-state index contributed by atoms with van der Waals surface area (Å²) >= 11 is 1.66. The standard InChI is InChI=1S/C14H14O2S/c1-9-8-13(10(2)16-9)14(15)11-4-6-12(17-3)7-5-11/h4-8H,1-3H3. The molecule has 3 heteroatoms. The van der Waals surface area contributed by atoms with Crippen LogP contribution in [0.1, 0.15) is 27.4 Å². The Morgan fingerprint density at radius 2 is 1.82 bits per heavy atom. The number of aryl methyl sites for hydroxylation is 2. The van der Waals surface area contributed by atoms with Crippen molar-refractivity contribution in [3.05, 3.63) is 53.0 Å². The lowest BCUT2D eigenvalue weighted by Gasteiger charge is -2.00. The van der Waals surface area contributed by atoms with E-state index < -0.39 is 0 Å². The highest BCUT2D eigenvalue weighted by molar-refractivity contribution is 7.98. The Labute approximate surface area is 105 Å². The number of rotatable bonds is 3. The lowest BCUT2D eigenvalue weighted by atomic mass is 10.0. The second-order valence-corrected chi connectivity index (χ2v) is 4.76. The van der Waals surface area contributed by atoms with Crippen molar-refractivity contribution in [3.63, 3.8) is 0 Å². The Bertz CT molecular complexity index is 538. The van der Waals surface area contributed by atoms with Gasteiger partial charge in [-0.25, -0.2) is 0 Å². The molecular weight excluding hydrogens is 232 g/mol. The van der Waals surface area contributed by atoms with Crippen LogP contribution >= 0.6 is 11.8 Å². The van der Waals surface area contributed by atoms with Crippen molar-refractivity contribution in [3.8, 4) is 0 Å². The second kappa shape index (κ2) is 4.80. The van der Waals surface area contributed by atoms with E-state index in [0.29, 0.717) is 16.9 Å². The first kappa shape index (κ1) is 12.0. The summed E-state index contributed by atoms with van der Waals surface area (Å²) in [5, 5.41) is 0. The number of thioether (sulfide) groups is 1. The molecule has 0 saturated carbocycles. The minimum atomic E-state index is 0.0204. The first-order valence-electron chi connectivity index (χ1n) is 5.37. The van der Waals surface area contributed by atoms with E-state index in [1.807, 2.05) is 44.4 Å². The zero-order valence-electron chi connectivity index (χ0n) is 10.1. The van der Waals surface area contributed by atoms with Crippen LogP contribution in [-0.4, -0.2) is 12.0 Å². The minimum Gasteiger partial charge on any atom is -0.466 e. The summed E-state index contributed by atoms with van der Waals surface area (Å²) < 4.78 is 5.38. The Hall–Kier alpha value is -1.48. The van der Waals surface area contributed by atoms with E-state index in [2.05, 4.69) is 0 Å². The SMILES string of the molecule is CSc1ccc(C(=O)c2cc(C)oc2C)cc1. The van der Waals surface area contributed by atoms with Gasteiger partial charge in [0.15, 0.2) is 5.78 Å². The number of hydrogen-bond acceptors (Lipinski definition) is 3. The average Bonchev–Trinajstić information content (AvgIpc) is 2.68. The molecule has 0 fully saturated rings. The smallest absolute Gasteiger partial charge is 0.196 e. The predicted octanol–water partition coefficient (Wildman–Crippen LogP) is 3.85. The Morgan fingerprint density at radius 3 is 2.29 bits per heavy atom. The summed E-state index contributed by atoms with van der Waals surface area (Å²) in [6, 6.07) is 9.42. The van der Waals surface area contributed by atoms with Crippen LogP contribution in [0.4, 0.5) is 0 Å². The van der Waals surface area contributed by atoms with Gasteiger partial charge < -0.3 is 4.42 Å². The van der Waals surface area contributed by atoms with Crippen LogP contribution in [0, 0.1) is 13.8 Å². The molecule has 0 amide bonds. The summed E-state index contributed by atoms with van der Waals surface area (Å²) in [5.41, 5.74) is 1.35. The van der Waals surface area contributed by atoms with Gasteiger partial charge in [-0.1, -0.05) is 0 Å². The first-order chi connectivity index (χ1) is 8.11. The molecule has 2 aromatic rings. The van der Waals surface area contributed by atoms with Gasteiger partial charge in [0, 0.05) is 10.5 Å². The van der Waals surface area contributed by atoms with Gasteiger partial charge in [0.05, 0.1) is 5.56 Å². The van der Waals surface area contributed by atoms with Crippen molar-refractivity contribution in [2.75, 3.05) is 6.26 Å². The van der Waals surface area contributed by atoms with Gasteiger partial charge in [-0.15, -0.1) is 11.8 Å². The lowest BCUT2D eigenvalue weighted by molar-refractivity contribution is 0.103. The van der Waals surface area contributed by atoms with E-state index >= 15 is 0 Å². The van der Waals surface area contributed by atoms with E-state index in [1.165, 1.54) is 0 Å². The molecule has 0 saturated heterocycles. The van der Waals surface area contributed by atoms with Crippen molar-refractivity contribution in [1.82, 2.24) is 0 Å². The van der Waals surface area contributed by atoms with Gasteiger partial charge >= 0.3 is 0 Å². The molecule has 0 aliphatic carbocycles. The first-order valence-corrected chi connectivity index (χ1v) is 6.60. The number of benzene rings is 1. The number of hydrogen-bond donors (Lipinski definition) is 0. The van der Waals surface area contributed by atoms with Gasteiger partial charge in [-0.2, -0.15) is 0 Å². The second-order valence-electron chi connectivity index (χ2n) is 3.88. The maximum atomic E-state index is 12.2. The van der Waals surface area contributed by atoms with Crippen LogP contribution in [0.2, 0.25) is 0 Å². The number of carbonyl (C=O) groups excluding carboxylic acids is 1. The molecule has 1 aromatic carbocycles. The largest absolute Gasteiger partial charge is 0.466 e. The summed E-state index contributed by atoms with van der Waals surface area (Å²) in [5.74, 6) is 1.47. The van der Waals surface area contributed by atoms with Gasteiger partial charge in [0.25, 0.3) is 0 Å². The number of furan rings is 1. The maximum absolute atomic E-state index is 12.2. The molecule has 0 aliphatic heterocycles. The highest BCUT2D eigenvalue weighted by Crippen LogP contribution is 2.20. The molecule has 0 N–H and O–H groups in total. The summed E-state index contributed by atoms with van der Waals surface area (Å²) in [4.78, 5) is 13.4. The number of carbonyl (C=O) groups is 1. The summed E-state index contributed by atoms with van der Waals surface area (Å²) in [6.07, 6.45) is 2.01. The third-order valence-electron chi connectivity index (χ3n) is 2.64. The molecule has 0 radical (unpaired) electrons. The van der Waals surface area contributed by atoms with Crippen molar-refractivity contribution in [2.45, 2.75) is 18.7 Å². The molecule has 0 spiro atoms. The van der Waals surface area contributed by atoms with Gasteiger partial charge in [0.1, 0.15) is 11.5 Å². The molecule has 1 aromatic heterocycles. The molecule has 1 heterocycles. The van der Waals surface area contributed by atoms with Crippen molar-refractivity contribution in [1.29, 1.82) is 0 Å². The fourth-order valence-corrected chi connectivity index (χ4v) is 2.16. The van der Waals surface area contributed by atoms with Crippen LogP contribution in [0.5, 0.6) is 0 Å². The van der Waals surface area contributed by atoms with Gasteiger partial charge in [-0.3, -0.25) is 4.79 Å². The topological polar surface area (TPSA) is 30.2 Å². The van der Waals surface area contributed by atoms with Crippen molar-refractivity contribution < 1.29 is 9.21 Å². The predicted molar refractivity (Wildman–Crippen MR) is 69.8 cm³/mol. The molecule has 0 atom stereocenters. The van der Waals surface area contributed by atoms with Crippen LogP contribution in [0.15, 0.2) is 39.6 Å². The molecule has 2 rings (SSSR count). The molecule has 0 aliphatic rings. The van der Waals surface area contributed by atoms with Crippen LogP contribution in [0.3, 0.4) is 0 Å². The Kier molecular flexibility index (Phi) is 3.38. The zero-order chi connectivity index (χ0) is 12.4. The van der Waals surface area contributed by atoms with Crippen LogP contribution in [-0.2, 0) is 0 Å². The molecular formula is C14H14O2S. The summed E-state index contributed by atoms with van der Waals surface area (Å²) in [7, 11) is 0. The highest BCUT2D eigenvalue weighted by Gasteiger charge is 2.15. The normalized spacial score (nSPS) is 10.5. The average molecular weight is 246 g/mol. The molecule has 0 bridgehead atoms. The number of ketones is 1. The fraction of sp³-hybridized carbons (Fsp3) is 0.214. The third-order valence-corrected chi connectivity index (χ3v) is 3.38. The summed E-state index contributed by atoms with van der Waals surface area (Å²) in [6.45, 7) is 3.66. The quantitative estimate of drug-likeness (QED) is 0.608. The highest BCUT2D eigenvalue weighted by atomic mass is 32.2. The van der Waals surface area contributed by atoms with E-state index in [4.69, 9.17) is 4.42 Å². The lowest BCUT2D eigenvalue weighted by Crippen LogP contribution is -2.01. The minimum absolute atomic E-state index is 0.0204. The Balaban J connectivity index is 2.33. The molecule has 2 nitrogen and oxygen atoms in total. The van der Waals surface area contributed by atoms with Crippen LogP contribution < -0.4 is 0 Å². The molecule has 17 heavy (non-hydrogen) atoms. The van der Waals surface area contributed by atoms with Crippen molar-refractivity contribution in [2.24, 2.45) is 0 Å². The van der Waals surface area contributed by atoms with Crippen molar-refractivity contribution >= 4 is 17.5 Å². The van der Waals surface area contributed by atoms with E-state index in [9.17, 15) is 4.79 Å². The Morgan fingerprint density at radius 1 is 1.18 bits per heavy atom. The third kappa shape index (κ3) is 2.44. The van der Waals surface area contributed by atoms with Gasteiger partial charge in [-0.05, 0) is 50.4 Å². The molecule has 88 valence electrons.